The minimum atomic E-state index is -0.929. The molecule has 0 spiro atoms. The summed E-state index contributed by atoms with van der Waals surface area (Å²) in [6.45, 7) is 5.64. The van der Waals surface area contributed by atoms with Crippen molar-refractivity contribution >= 4 is 12.0 Å². The quantitative estimate of drug-likeness (QED) is 0.603. The maximum absolute atomic E-state index is 11.0. The highest BCUT2D eigenvalue weighted by Crippen LogP contribution is 2.07. The van der Waals surface area contributed by atoms with E-state index in [4.69, 9.17) is 5.11 Å². The molecule has 5 nitrogen and oxygen atoms in total. The van der Waals surface area contributed by atoms with Crippen LogP contribution < -0.4 is 10.6 Å². The molecular weight excluding hydrogens is 172 g/mol. The van der Waals surface area contributed by atoms with Crippen LogP contribution in [0.3, 0.4) is 0 Å². The molecule has 0 bridgehead atoms. The Morgan fingerprint density at radius 3 is 2.31 bits per heavy atom. The monoisotopic (exact) mass is 188 g/mol. The highest BCUT2D eigenvalue weighted by atomic mass is 16.4. The number of amides is 2. The number of hydrogen-bond donors (Lipinski definition) is 3. The van der Waals surface area contributed by atoms with Gasteiger partial charge in [0.15, 0.2) is 0 Å². The van der Waals surface area contributed by atoms with Crippen molar-refractivity contribution in [2.75, 3.05) is 6.54 Å². The van der Waals surface area contributed by atoms with Crippen molar-refractivity contribution in [2.24, 2.45) is 0 Å². The summed E-state index contributed by atoms with van der Waals surface area (Å²) < 4.78 is 0. The Morgan fingerprint density at radius 1 is 1.38 bits per heavy atom. The van der Waals surface area contributed by atoms with Crippen molar-refractivity contribution in [1.29, 1.82) is 0 Å². The van der Waals surface area contributed by atoms with Crippen molar-refractivity contribution in [3.05, 3.63) is 0 Å². The maximum atomic E-state index is 11.0. The fourth-order valence-corrected chi connectivity index (χ4v) is 0.934. The zero-order valence-corrected chi connectivity index (χ0v) is 8.18. The number of carboxylic acid groups (broad SMARTS) is 1. The molecule has 76 valence electrons. The van der Waals surface area contributed by atoms with Crippen LogP contribution in [0.4, 0.5) is 4.79 Å². The Morgan fingerprint density at radius 2 is 1.92 bits per heavy atom. The van der Waals surface area contributed by atoms with Gasteiger partial charge in [-0.25, -0.2) is 4.79 Å². The van der Waals surface area contributed by atoms with E-state index in [0.717, 1.165) is 0 Å². The Hall–Kier alpha value is -1.26. The first-order valence-corrected chi connectivity index (χ1v) is 4.15. The van der Waals surface area contributed by atoms with E-state index < -0.39 is 11.5 Å². The van der Waals surface area contributed by atoms with Gasteiger partial charge >= 0.3 is 12.0 Å². The predicted molar refractivity (Wildman–Crippen MR) is 48.5 cm³/mol. The lowest BCUT2D eigenvalue weighted by molar-refractivity contribution is -0.138. The summed E-state index contributed by atoms with van der Waals surface area (Å²) in [4.78, 5) is 21.4. The van der Waals surface area contributed by atoms with Gasteiger partial charge in [-0.3, -0.25) is 4.79 Å². The van der Waals surface area contributed by atoms with Gasteiger partial charge < -0.3 is 15.7 Å². The molecule has 0 atom stereocenters. The lowest BCUT2D eigenvalue weighted by Crippen LogP contribution is -2.49. The van der Waals surface area contributed by atoms with Gasteiger partial charge in [0.05, 0.1) is 6.42 Å². The number of carbonyl (C=O) groups is 2. The van der Waals surface area contributed by atoms with Crippen LogP contribution in [0, 0.1) is 0 Å². The first-order chi connectivity index (χ1) is 5.87. The number of urea groups is 1. The average Bonchev–Trinajstić information content (AvgIpc) is 1.81. The molecule has 13 heavy (non-hydrogen) atoms. The molecule has 0 aliphatic carbocycles. The van der Waals surface area contributed by atoms with E-state index in [1.165, 1.54) is 0 Å². The molecule has 5 heteroatoms. The summed E-state index contributed by atoms with van der Waals surface area (Å²) in [5, 5.41) is 13.6. The summed E-state index contributed by atoms with van der Waals surface area (Å²) >= 11 is 0. The second-order valence-electron chi connectivity index (χ2n) is 3.44. The lowest BCUT2D eigenvalue weighted by Gasteiger charge is -2.24. The summed E-state index contributed by atoms with van der Waals surface area (Å²) in [5.74, 6) is -0.929. The Kier molecular flexibility index (Phi) is 4.23. The van der Waals surface area contributed by atoms with Gasteiger partial charge in [0.25, 0.3) is 0 Å². The van der Waals surface area contributed by atoms with Gasteiger partial charge in [-0.05, 0) is 20.8 Å². The summed E-state index contributed by atoms with van der Waals surface area (Å²) in [5.41, 5.74) is -0.717. The van der Waals surface area contributed by atoms with Crippen molar-refractivity contribution < 1.29 is 14.7 Å². The van der Waals surface area contributed by atoms with E-state index in [-0.39, 0.29) is 12.5 Å². The zero-order valence-electron chi connectivity index (χ0n) is 8.18. The van der Waals surface area contributed by atoms with Crippen LogP contribution in [0.2, 0.25) is 0 Å². The SMILES string of the molecule is CCNC(=O)NC(C)(C)CC(=O)O. The van der Waals surface area contributed by atoms with Crippen molar-refractivity contribution in [2.45, 2.75) is 32.7 Å². The smallest absolute Gasteiger partial charge is 0.315 e. The van der Waals surface area contributed by atoms with Crippen LogP contribution in [0.15, 0.2) is 0 Å². The van der Waals surface area contributed by atoms with E-state index >= 15 is 0 Å². The fraction of sp³-hybridized carbons (Fsp3) is 0.750. The van der Waals surface area contributed by atoms with Gasteiger partial charge in [-0.15, -0.1) is 0 Å². The van der Waals surface area contributed by atoms with Crippen LogP contribution in [-0.4, -0.2) is 29.2 Å². The van der Waals surface area contributed by atoms with Crippen LogP contribution in [0.1, 0.15) is 27.2 Å². The molecule has 0 aliphatic rings. The van der Waals surface area contributed by atoms with E-state index in [0.29, 0.717) is 6.54 Å². The molecule has 0 radical (unpaired) electrons. The van der Waals surface area contributed by atoms with E-state index in [9.17, 15) is 9.59 Å². The number of aliphatic carboxylic acids is 1. The summed E-state index contributed by atoms with van der Waals surface area (Å²) in [6.07, 6.45) is -0.0931. The second kappa shape index (κ2) is 4.69. The third kappa shape index (κ3) is 5.95. The number of rotatable bonds is 4. The molecule has 0 heterocycles. The average molecular weight is 188 g/mol. The Bertz CT molecular complexity index is 202. The molecule has 3 N–H and O–H groups in total. The molecule has 0 aromatic heterocycles. The molecular formula is C8H16N2O3. The minimum Gasteiger partial charge on any atom is -0.481 e. The minimum absolute atomic E-state index is 0.0931. The molecule has 0 aromatic rings. The summed E-state index contributed by atoms with van der Waals surface area (Å²) in [6, 6.07) is -0.339. The van der Waals surface area contributed by atoms with Crippen molar-refractivity contribution in [3.8, 4) is 0 Å². The normalized spacial score (nSPS) is 10.7. The topological polar surface area (TPSA) is 78.4 Å². The van der Waals surface area contributed by atoms with Gasteiger partial charge in [0, 0.05) is 12.1 Å². The van der Waals surface area contributed by atoms with Gasteiger partial charge in [-0.2, -0.15) is 0 Å². The van der Waals surface area contributed by atoms with E-state index in [2.05, 4.69) is 10.6 Å². The molecule has 0 rings (SSSR count). The Labute approximate surface area is 77.5 Å². The molecule has 0 saturated carbocycles. The third-order valence-electron chi connectivity index (χ3n) is 1.38. The largest absolute Gasteiger partial charge is 0.481 e. The molecule has 0 aliphatic heterocycles. The fourth-order valence-electron chi connectivity index (χ4n) is 0.934. The maximum Gasteiger partial charge on any atom is 0.315 e. The number of nitrogens with one attached hydrogen (secondary N) is 2. The predicted octanol–water partition coefficient (Wildman–Crippen LogP) is 0.559. The third-order valence-corrected chi connectivity index (χ3v) is 1.38. The van der Waals surface area contributed by atoms with E-state index in [1.807, 2.05) is 0 Å². The molecule has 0 aromatic carbocycles. The van der Waals surface area contributed by atoms with Gasteiger partial charge in [-0.1, -0.05) is 0 Å². The number of carbonyl (C=O) groups excluding carboxylic acids is 1. The second-order valence-corrected chi connectivity index (χ2v) is 3.44. The van der Waals surface area contributed by atoms with Crippen molar-refractivity contribution in [3.63, 3.8) is 0 Å². The zero-order chi connectivity index (χ0) is 10.5. The highest BCUT2D eigenvalue weighted by Gasteiger charge is 2.23. The number of carboxylic acids is 1. The van der Waals surface area contributed by atoms with Crippen molar-refractivity contribution in [1.82, 2.24) is 10.6 Å². The van der Waals surface area contributed by atoms with Crippen LogP contribution in [0.5, 0.6) is 0 Å². The molecule has 0 unspecified atom stereocenters. The molecule has 0 saturated heterocycles. The highest BCUT2D eigenvalue weighted by molar-refractivity contribution is 5.76. The molecule has 2 amide bonds. The van der Waals surface area contributed by atoms with Crippen LogP contribution in [0.25, 0.3) is 0 Å². The number of hydrogen-bond acceptors (Lipinski definition) is 2. The first-order valence-electron chi connectivity index (χ1n) is 4.15. The lowest BCUT2D eigenvalue weighted by atomic mass is 10.0. The standard InChI is InChI=1S/C8H16N2O3/c1-4-9-7(13)10-8(2,3)5-6(11)12/h4-5H2,1-3H3,(H,11,12)(H2,9,10,13). The molecule has 0 fully saturated rings. The van der Waals surface area contributed by atoms with E-state index in [1.54, 1.807) is 20.8 Å². The van der Waals surface area contributed by atoms with Crippen LogP contribution in [-0.2, 0) is 4.79 Å². The van der Waals surface area contributed by atoms with Gasteiger partial charge in [0.1, 0.15) is 0 Å². The Balaban J connectivity index is 4.00. The summed E-state index contributed by atoms with van der Waals surface area (Å²) in [7, 11) is 0. The van der Waals surface area contributed by atoms with Crippen LogP contribution >= 0.6 is 0 Å². The first kappa shape index (κ1) is 11.7. The van der Waals surface area contributed by atoms with Gasteiger partial charge in [0.2, 0.25) is 0 Å².